The van der Waals surface area contributed by atoms with Crippen LogP contribution in [0.5, 0.6) is 0 Å². The highest BCUT2D eigenvalue weighted by Gasteiger charge is 2.46. The van der Waals surface area contributed by atoms with Crippen molar-refractivity contribution in [1.29, 1.82) is 0 Å². The van der Waals surface area contributed by atoms with Crippen LogP contribution in [0.25, 0.3) is 0 Å². The molecule has 2 rings (SSSR count). The fourth-order valence-electron chi connectivity index (χ4n) is 2.68. The van der Waals surface area contributed by atoms with Crippen LogP contribution in [-0.4, -0.2) is 19.4 Å². The smallest absolute Gasteiger partial charge is 0.153 e. The minimum absolute atomic E-state index is 0.0301. The van der Waals surface area contributed by atoms with Crippen LogP contribution in [0.1, 0.15) is 26.2 Å². The summed E-state index contributed by atoms with van der Waals surface area (Å²) in [4.78, 5) is 0. The highest BCUT2D eigenvalue weighted by Crippen LogP contribution is 2.43. The van der Waals surface area contributed by atoms with Crippen LogP contribution < -0.4 is 0 Å². The van der Waals surface area contributed by atoms with E-state index in [1.165, 1.54) is 0 Å². The Bertz CT molecular complexity index is 255. The van der Waals surface area contributed by atoms with Crippen LogP contribution in [0.15, 0.2) is 0 Å². The van der Waals surface area contributed by atoms with E-state index in [4.69, 9.17) is 0 Å². The van der Waals surface area contributed by atoms with E-state index in [1.54, 1.807) is 0 Å². The first-order valence-electron chi connectivity index (χ1n) is 4.33. The number of hydrogen-bond donors (Lipinski definition) is 0. The summed E-state index contributed by atoms with van der Waals surface area (Å²) in [6.45, 7) is 2.08. The Balaban J connectivity index is 2.34. The molecule has 1 saturated carbocycles. The van der Waals surface area contributed by atoms with Crippen LogP contribution in [0.4, 0.5) is 0 Å². The molecule has 3 heteroatoms. The van der Waals surface area contributed by atoms with Gasteiger partial charge in [0.05, 0.1) is 11.0 Å². The highest BCUT2D eigenvalue weighted by molar-refractivity contribution is 7.92. The molecule has 2 nitrogen and oxygen atoms in total. The molecule has 0 aromatic rings. The molecular formula is C8H14O2S. The summed E-state index contributed by atoms with van der Waals surface area (Å²) < 4.78 is 22.9. The van der Waals surface area contributed by atoms with Crippen molar-refractivity contribution >= 4 is 9.84 Å². The van der Waals surface area contributed by atoms with Gasteiger partial charge in [-0.3, -0.25) is 0 Å². The fourth-order valence-corrected chi connectivity index (χ4v) is 5.28. The molecule has 1 heterocycles. The minimum Gasteiger partial charge on any atom is -0.229 e. The van der Waals surface area contributed by atoms with Gasteiger partial charge in [-0.25, -0.2) is 8.42 Å². The van der Waals surface area contributed by atoms with Gasteiger partial charge in [-0.2, -0.15) is 0 Å². The van der Waals surface area contributed by atoms with E-state index in [2.05, 4.69) is 6.92 Å². The highest BCUT2D eigenvalue weighted by atomic mass is 32.2. The Morgan fingerprint density at radius 1 is 1.18 bits per heavy atom. The van der Waals surface area contributed by atoms with Crippen molar-refractivity contribution in [2.75, 3.05) is 5.75 Å². The molecule has 3 unspecified atom stereocenters. The predicted molar refractivity (Wildman–Crippen MR) is 44.1 cm³/mol. The molecule has 0 aromatic carbocycles. The molecule has 64 valence electrons. The average Bonchev–Trinajstić information content (AvgIpc) is 2.38. The predicted octanol–water partition coefficient (Wildman–Crippen LogP) is 1.22. The van der Waals surface area contributed by atoms with Gasteiger partial charge >= 0.3 is 0 Å². The zero-order valence-corrected chi connectivity index (χ0v) is 7.60. The molecule has 1 aliphatic heterocycles. The van der Waals surface area contributed by atoms with Gasteiger partial charge in [0.1, 0.15) is 0 Å². The zero-order valence-electron chi connectivity index (χ0n) is 6.79. The Morgan fingerprint density at radius 2 is 1.91 bits per heavy atom. The Hall–Kier alpha value is -0.0500. The first kappa shape index (κ1) is 7.59. The lowest BCUT2D eigenvalue weighted by Gasteiger charge is -2.12. The summed E-state index contributed by atoms with van der Waals surface area (Å²) in [6.07, 6.45) is 3.19. The molecule has 0 radical (unpaired) electrons. The number of hydrogen-bond acceptors (Lipinski definition) is 2. The molecule has 0 bridgehead atoms. The molecule has 1 saturated heterocycles. The van der Waals surface area contributed by atoms with Crippen molar-refractivity contribution in [2.24, 2.45) is 11.8 Å². The van der Waals surface area contributed by atoms with Crippen LogP contribution in [0.2, 0.25) is 0 Å². The van der Waals surface area contributed by atoms with E-state index in [0.29, 0.717) is 17.6 Å². The minimum atomic E-state index is -2.67. The maximum absolute atomic E-state index is 11.5. The lowest BCUT2D eigenvalue weighted by molar-refractivity contribution is 0.520. The van der Waals surface area contributed by atoms with Crippen LogP contribution in [0, 0.1) is 11.8 Å². The van der Waals surface area contributed by atoms with Crippen molar-refractivity contribution in [3.05, 3.63) is 0 Å². The monoisotopic (exact) mass is 174 g/mol. The topological polar surface area (TPSA) is 34.1 Å². The molecule has 0 N–H and O–H groups in total. The molecule has 11 heavy (non-hydrogen) atoms. The van der Waals surface area contributed by atoms with Gasteiger partial charge in [-0.05, 0) is 31.1 Å². The normalized spacial score (nSPS) is 47.5. The van der Waals surface area contributed by atoms with Gasteiger partial charge in [-0.15, -0.1) is 0 Å². The summed E-state index contributed by atoms with van der Waals surface area (Å²) >= 11 is 0. The van der Waals surface area contributed by atoms with E-state index >= 15 is 0 Å². The molecular weight excluding hydrogens is 160 g/mol. The van der Waals surface area contributed by atoms with Crippen molar-refractivity contribution in [3.8, 4) is 0 Å². The van der Waals surface area contributed by atoms with E-state index in [1.807, 2.05) is 0 Å². The van der Waals surface area contributed by atoms with Crippen molar-refractivity contribution < 1.29 is 8.42 Å². The molecule has 2 aliphatic rings. The SMILES string of the molecule is CC1CCC2CCS(=O)(=O)C12. The Morgan fingerprint density at radius 3 is 2.55 bits per heavy atom. The van der Waals surface area contributed by atoms with Gasteiger partial charge in [0.2, 0.25) is 0 Å². The third-order valence-electron chi connectivity index (χ3n) is 3.21. The second kappa shape index (κ2) is 2.22. The summed E-state index contributed by atoms with van der Waals surface area (Å²) in [5, 5.41) is 0.0301. The van der Waals surface area contributed by atoms with Crippen LogP contribution >= 0.6 is 0 Å². The van der Waals surface area contributed by atoms with E-state index in [-0.39, 0.29) is 5.25 Å². The molecule has 3 atom stereocenters. The molecule has 2 fully saturated rings. The largest absolute Gasteiger partial charge is 0.229 e. The summed E-state index contributed by atoms with van der Waals surface area (Å²) in [6, 6.07) is 0. The third kappa shape index (κ3) is 1.01. The van der Waals surface area contributed by atoms with Crippen molar-refractivity contribution in [3.63, 3.8) is 0 Å². The fraction of sp³-hybridized carbons (Fsp3) is 1.00. The Labute approximate surface area is 67.9 Å². The van der Waals surface area contributed by atoms with Crippen molar-refractivity contribution in [1.82, 2.24) is 0 Å². The van der Waals surface area contributed by atoms with E-state index < -0.39 is 9.84 Å². The number of fused-ring (bicyclic) bond motifs is 1. The van der Waals surface area contributed by atoms with Crippen LogP contribution in [0.3, 0.4) is 0 Å². The molecule has 0 spiro atoms. The first-order valence-corrected chi connectivity index (χ1v) is 6.04. The van der Waals surface area contributed by atoms with Gasteiger partial charge in [0, 0.05) is 0 Å². The van der Waals surface area contributed by atoms with E-state index in [9.17, 15) is 8.42 Å². The van der Waals surface area contributed by atoms with Crippen molar-refractivity contribution in [2.45, 2.75) is 31.4 Å². The lowest BCUT2D eigenvalue weighted by atomic mass is 10.0. The second-order valence-electron chi connectivity index (χ2n) is 3.93. The molecule has 1 aliphatic carbocycles. The average molecular weight is 174 g/mol. The summed E-state index contributed by atoms with van der Waals surface area (Å²) in [5.74, 6) is 1.38. The summed E-state index contributed by atoms with van der Waals surface area (Å²) in [5.41, 5.74) is 0. The van der Waals surface area contributed by atoms with E-state index in [0.717, 1.165) is 19.3 Å². The summed E-state index contributed by atoms with van der Waals surface area (Å²) in [7, 11) is -2.67. The standard InChI is InChI=1S/C8H14O2S/c1-6-2-3-7-4-5-11(9,10)8(6)7/h6-8H,2-5H2,1H3. The molecule has 0 aromatic heterocycles. The van der Waals surface area contributed by atoms with Gasteiger partial charge < -0.3 is 0 Å². The van der Waals surface area contributed by atoms with Gasteiger partial charge in [0.15, 0.2) is 9.84 Å². The maximum Gasteiger partial charge on any atom is 0.153 e. The second-order valence-corrected chi connectivity index (χ2v) is 6.21. The quantitative estimate of drug-likeness (QED) is 0.553. The zero-order chi connectivity index (χ0) is 8.06. The molecule has 0 amide bonds. The van der Waals surface area contributed by atoms with Crippen LogP contribution in [-0.2, 0) is 9.84 Å². The van der Waals surface area contributed by atoms with Gasteiger partial charge in [0.25, 0.3) is 0 Å². The third-order valence-corrected chi connectivity index (χ3v) is 5.69. The number of sulfone groups is 1. The van der Waals surface area contributed by atoms with Gasteiger partial charge in [-0.1, -0.05) is 6.92 Å². The lowest BCUT2D eigenvalue weighted by Crippen LogP contribution is -2.23. The Kier molecular flexibility index (Phi) is 1.53. The number of rotatable bonds is 0. The maximum atomic E-state index is 11.5. The first-order chi connectivity index (χ1) is 5.11.